The third kappa shape index (κ3) is 5.09. The number of rotatable bonds is 5. The molecule has 1 aromatic heterocycles. The van der Waals surface area contributed by atoms with E-state index >= 15 is 0 Å². The maximum Gasteiger partial charge on any atom is 0.327 e. The molecular weight excluding hydrogens is 235 g/mol. The van der Waals surface area contributed by atoms with Gasteiger partial charge in [0.05, 0.1) is 11.9 Å². The van der Waals surface area contributed by atoms with Crippen molar-refractivity contribution in [3.05, 3.63) is 22.4 Å². The summed E-state index contributed by atoms with van der Waals surface area (Å²) in [6.07, 6.45) is -0.200. The van der Waals surface area contributed by atoms with Gasteiger partial charge in [-0.1, -0.05) is 6.07 Å². The predicted octanol–water partition coefficient (Wildman–Crippen LogP) is 1.24. The average Bonchev–Trinajstić information content (AvgIpc) is 2.63. The van der Waals surface area contributed by atoms with Gasteiger partial charge in [-0.2, -0.15) is 5.10 Å². The Hall–Kier alpha value is -0.680. The SMILES string of the molecule is C/C(=N\NCCP(=O)(O)O)c1cccs1. The molecule has 7 heteroatoms. The van der Waals surface area contributed by atoms with Crippen molar-refractivity contribution >= 4 is 24.6 Å². The van der Waals surface area contributed by atoms with Gasteiger partial charge in [-0.05, 0) is 18.4 Å². The molecule has 1 rings (SSSR count). The monoisotopic (exact) mass is 248 g/mol. The Morgan fingerprint density at radius 1 is 1.67 bits per heavy atom. The molecule has 0 fully saturated rings. The summed E-state index contributed by atoms with van der Waals surface area (Å²) in [5, 5.41) is 5.95. The molecule has 0 aliphatic carbocycles. The van der Waals surface area contributed by atoms with Crippen molar-refractivity contribution in [1.29, 1.82) is 0 Å². The summed E-state index contributed by atoms with van der Waals surface area (Å²) in [4.78, 5) is 18.2. The molecule has 0 saturated heterocycles. The van der Waals surface area contributed by atoms with E-state index in [0.29, 0.717) is 0 Å². The van der Waals surface area contributed by atoms with Crippen molar-refractivity contribution in [1.82, 2.24) is 5.43 Å². The van der Waals surface area contributed by atoms with Gasteiger partial charge in [0.1, 0.15) is 0 Å². The molecule has 0 saturated carbocycles. The molecule has 3 N–H and O–H groups in total. The summed E-state index contributed by atoms with van der Waals surface area (Å²) in [5.41, 5.74) is 3.45. The van der Waals surface area contributed by atoms with Gasteiger partial charge in [-0.3, -0.25) is 4.57 Å². The van der Waals surface area contributed by atoms with E-state index < -0.39 is 7.60 Å². The van der Waals surface area contributed by atoms with Crippen molar-refractivity contribution in [3.63, 3.8) is 0 Å². The van der Waals surface area contributed by atoms with Crippen LogP contribution in [0.1, 0.15) is 11.8 Å². The van der Waals surface area contributed by atoms with Crippen LogP contribution in [-0.2, 0) is 4.57 Å². The molecular formula is C8H13N2O3PS. The highest BCUT2D eigenvalue weighted by Crippen LogP contribution is 2.32. The minimum atomic E-state index is -3.91. The van der Waals surface area contributed by atoms with E-state index in [1.54, 1.807) is 11.3 Å². The van der Waals surface area contributed by atoms with E-state index in [1.807, 2.05) is 24.4 Å². The molecule has 0 radical (unpaired) electrons. The summed E-state index contributed by atoms with van der Waals surface area (Å²) >= 11 is 1.57. The normalized spacial score (nSPS) is 12.9. The highest BCUT2D eigenvalue weighted by atomic mass is 32.1. The molecule has 0 aliphatic heterocycles. The van der Waals surface area contributed by atoms with Crippen LogP contribution in [0.25, 0.3) is 0 Å². The smallest absolute Gasteiger partial charge is 0.324 e. The van der Waals surface area contributed by atoms with E-state index in [2.05, 4.69) is 10.5 Å². The Morgan fingerprint density at radius 2 is 2.40 bits per heavy atom. The number of hydrogen-bond acceptors (Lipinski definition) is 4. The topological polar surface area (TPSA) is 81.9 Å². The van der Waals surface area contributed by atoms with Crippen LogP contribution in [0.4, 0.5) is 0 Å². The molecule has 0 unspecified atom stereocenters. The molecule has 0 amide bonds. The van der Waals surface area contributed by atoms with Gasteiger partial charge in [0.25, 0.3) is 0 Å². The molecule has 5 nitrogen and oxygen atoms in total. The van der Waals surface area contributed by atoms with Crippen LogP contribution in [0.5, 0.6) is 0 Å². The first kappa shape index (κ1) is 12.4. The highest BCUT2D eigenvalue weighted by Gasteiger charge is 2.10. The lowest BCUT2D eigenvalue weighted by Crippen LogP contribution is -2.14. The lowest BCUT2D eigenvalue weighted by Gasteiger charge is -2.03. The van der Waals surface area contributed by atoms with Crippen molar-refractivity contribution in [2.24, 2.45) is 5.10 Å². The fourth-order valence-corrected chi connectivity index (χ4v) is 1.98. The first-order valence-electron chi connectivity index (χ1n) is 4.34. The zero-order valence-corrected chi connectivity index (χ0v) is 9.96. The van der Waals surface area contributed by atoms with Crippen LogP contribution in [0, 0.1) is 0 Å². The third-order valence-electron chi connectivity index (χ3n) is 1.64. The Balaban J connectivity index is 2.36. The summed E-state index contributed by atoms with van der Waals surface area (Å²) in [6, 6.07) is 3.86. The summed E-state index contributed by atoms with van der Waals surface area (Å²) in [5.74, 6) is 0. The highest BCUT2D eigenvalue weighted by molar-refractivity contribution is 7.51. The Morgan fingerprint density at radius 3 is 2.93 bits per heavy atom. The number of hydrogen-bond donors (Lipinski definition) is 3. The Bertz CT molecular complexity index is 371. The predicted molar refractivity (Wildman–Crippen MR) is 61.4 cm³/mol. The fraction of sp³-hybridized carbons (Fsp3) is 0.375. The first-order valence-corrected chi connectivity index (χ1v) is 7.02. The van der Waals surface area contributed by atoms with E-state index in [1.165, 1.54) is 0 Å². The Kier molecular flexibility index (Phi) is 4.47. The van der Waals surface area contributed by atoms with Crippen LogP contribution in [0.3, 0.4) is 0 Å². The van der Waals surface area contributed by atoms with Crippen molar-refractivity contribution in [3.8, 4) is 0 Å². The molecule has 1 heterocycles. The zero-order valence-electron chi connectivity index (χ0n) is 8.25. The first-order chi connectivity index (χ1) is 6.99. The third-order valence-corrected chi connectivity index (χ3v) is 3.42. The number of nitrogens with one attached hydrogen (secondary N) is 1. The molecule has 15 heavy (non-hydrogen) atoms. The second kappa shape index (κ2) is 5.42. The minimum absolute atomic E-state index is 0.174. The summed E-state index contributed by atoms with van der Waals surface area (Å²) < 4.78 is 10.5. The second-order valence-electron chi connectivity index (χ2n) is 2.97. The van der Waals surface area contributed by atoms with E-state index in [4.69, 9.17) is 9.79 Å². The van der Waals surface area contributed by atoms with Crippen molar-refractivity contribution in [2.45, 2.75) is 6.92 Å². The van der Waals surface area contributed by atoms with Gasteiger partial charge >= 0.3 is 7.60 Å². The minimum Gasteiger partial charge on any atom is -0.324 e. The summed E-state index contributed by atoms with van der Waals surface area (Å²) in [6.45, 7) is 2.02. The zero-order chi connectivity index (χ0) is 11.3. The molecule has 0 atom stereocenters. The number of hydrazone groups is 1. The van der Waals surface area contributed by atoms with Gasteiger partial charge in [0, 0.05) is 11.4 Å². The van der Waals surface area contributed by atoms with Gasteiger partial charge in [0.15, 0.2) is 0 Å². The average molecular weight is 248 g/mol. The quantitative estimate of drug-likeness (QED) is 0.317. The van der Waals surface area contributed by atoms with E-state index in [0.717, 1.165) is 10.6 Å². The number of thiophene rings is 1. The lowest BCUT2D eigenvalue weighted by atomic mass is 10.3. The van der Waals surface area contributed by atoms with Crippen LogP contribution in [-0.4, -0.2) is 28.2 Å². The maximum absolute atomic E-state index is 10.5. The molecule has 0 aliphatic rings. The maximum atomic E-state index is 10.5. The van der Waals surface area contributed by atoms with Crippen LogP contribution >= 0.6 is 18.9 Å². The standard InChI is InChI=1S/C8H13N2O3PS/c1-7(8-3-2-6-15-8)10-9-4-5-14(11,12)13/h2-3,6,9H,4-5H2,1H3,(H2,11,12,13)/b10-7+. The molecule has 1 aromatic rings. The van der Waals surface area contributed by atoms with Gasteiger partial charge in [0.2, 0.25) is 0 Å². The van der Waals surface area contributed by atoms with E-state index in [9.17, 15) is 4.57 Å². The van der Waals surface area contributed by atoms with Crippen molar-refractivity contribution < 1.29 is 14.4 Å². The fourth-order valence-electron chi connectivity index (χ4n) is 0.910. The summed E-state index contributed by atoms with van der Waals surface area (Å²) in [7, 11) is -3.91. The molecule has 0 aromatic carbocycles. The van der Waals surface area contributed by atoms with Gasteiger partial charge < -0.3 is 15.2 Å². The molecule has 0 spiro atoms. The van der Waals surface area contributed by atoms with Crippen LogP contribution in [0.15, 0.2) is 22.6 Å². The van der Waals surface area contributed by atoms with Crippen LogP contribution < -0.4 is 5.43 Å². The lowest BCUT2D eigenvalue weighted by molar-refractivity contribution is 0.372. The molecule has 84 valence electrons. The second-order valence-corrected chi connectivity index (χ2v) is 5.70. The van der Waals surface area contributed by atoms with Crippen molar-refractivity contribution in [2.75, 3.05) is 12.7 Å². The van der Waals surface area contributed by atoms with Gasteiger partial charge in [-0.15, -0.1) is 11.3 Å². The van der Waals surface area contributed by atoms with Crippen LogP contribution in [0.2, 0.25) is 0 Å². The van der Waals surface area contributed by atoms with Gasteiger partial charge in [-0.25, -0.2) is 0 Å². The largest absolute Gasteiger partial charge is 0.327 e. The molecule has 0 bridgehead atoms. The number of nitrogens with zero attached hydrogens (tertiary/aromatic N) is 1. The Labute approximate surface area is 92.0 Å². The van der Waals surface area contributed by atoms with E-state index in [-0.39, 0.29) is 12.7 Å².